The average Bonchev–Trinajstić information content (AvgIpc) is 3.36. The molecule has 0 spiro atoms. The molecular weight excluding hydrogens is 582 g/mol. The molecule has 0 aliphatic heterocycles. The van der Waals surface area contributed by atoms with E-state index in [0.29, 0.717) is 23.2 Å². The zero-order valence-corrected chi connectivity index (χ0v) is 25.1. The van der Waals surface area contributed by atoms with E-state index in [4.69, 9.17) is 22.4 Å². The van der Waals surface area contributed by atoms with Crippen LogP contribution in [0.15, 0.2) is 59.6 Å². The monoisotopic (exact) mass is 614 g/mol. The summed E-state index contributed by atoms with van der Waals surface area (Å²) in [5.41, 5.74) is 9.83. The molecule has 2 aromatic heterocycles. The summed E-state index contributed by atoms with van der Waals surface area (Å²) in [6.07, 6.45) is 5.37. The lowest BCUT2D eigenvalue weighted by molar-refractivity contribution is 0.323. The summed E-state index contributed by atoms with van der Waals surface area (Å²) in [7, 11) is -4.12. The molecule has 0 radical (unpaired) electrons. The van der Waals surface area contributed by atoms with Crippen LogP contribution in [0.2, 0.25) is 5.02 Å². The van der Waals surface area contributed by atoms with Crippen molar-refractivity contribution in [3.05, 3.63) is 71.1 Å². The predicted octanol–water partition coefficient (Wildman–Crippen LogP) is 6.74. The van der Waals surface area contributed by atoms with Gasteiger partial charge in [-0.3, -0.25) is 9.40 Å². The molecule has 0 bridgehead atoms. The molecule has 2 aromatic carbocycles. The van der Waals surface area contributed by atoms with Crippen molar-refractivity contribution >= 4 is 49.6 Å². The Hall–Kier alpha value is -3.54. The van der Waals surface area contributed by atoms with Crippen LogP contribution in [0.1, 0.15) is 51.6 Å². The summed E-state index contributed by atoms with van der Waals surface area (Å²) < 4.78 is 58.6. The Kier molecular flexibility index (Phi) is 8.54. The third kappa shape index (κ3) is 5.99. The summed E-state index contributed by atoms with van der Waals surface area (Å²) in [5, 5.41) is 8.73. The first kappa shape index (κ1) is 29.9. The molecule has 5 rings (SSSR count). The van der Waals surface area contributed by atoms with Crippen molar-refractivity contribution in [2.24, 2.45) is 0 Å². The second-order valence-electron chi connectivity index (χ2n) is 10.8. The molecule has 4 aromatic rings. The van der Waals surface area contributed by atoms with Crippen molar-refractivity contribution in [3.63, 3.8) is 0 Å². The number of nitrogens with zero attached hydrogens (tertiary/aromatic N) is 3. The molecule has 0 saturated heterocycles. The van der Waals surface area contributed by atoms with Crippen molar-refractivity contribution in [1.82, 2.24) is 20.1 Å². The Morgan fingerprint density at radius 1 is 1.19 bits per heavy atom. The van der Waals surface area contributed by atoms with Gasteiger partial charge in [-0.2, -0.15) is 5.10 Å². The molecule has 12 heteroatoms. The molecule has 2 atom stereocenters. The minimum absolute atomic E-state index is 0.0284. The topological polar surface area (TPSA) is 115 Å². The number of benzene rings is 2. The highest BCUT2D eigenvalue weighted by Gasteiger charge is 2.25. The van der Waals surface area contributed by atoms with E-state index in [1.54, 1.807) is 18.3 Å². The quantitative estimate of drug-likeness (QED) is 0.192. The maximum absolute atomic E-state index is 15.4. The number of rotatable bonds is 9. The highest BCUT2D eigenvalue weighted by molar-refractivity contribution is 7.92. The van der Waals surface area contributed by atoms with Gasteiger partial charge in [0.1, 0.15) is 28.4 Å². The summed E-state index contributed by atoms with van der Waals surface area (Å²) in [5.74, 6) is -0.526. The number of aromatic nitrogens is 3. The second kappa shape index (κ2) is 12.0. The lowest BCUT2D eigenvalue weighted by Crippen LogP contribution is -2.34. The van der Waals surface area contributed by atoms with Gasteiger partial charge in [0.2, 0.25) is 0 Å². The summed E-state index contributed by atoms with van der Waals surface area (Å²) in [4.78, 5) is 4.32. The maximum atomic E-state index is 15.4. The molecule has 0 unspecified atom stereocenters. The predicted molar refractivity (Wildman–Crippen MR) is 164 cm³/mol. The third-order valence-electron chi connectivity index (χ3n) is 7.30. The van der Waals surface area contributed by atoms with Crippen molar-refractivity contribution in [2.45, 2.75) is 63.2 Å². The standard InChI is InChI=1S/C30H33ClF2N6O2S/c1-17(2)39-29-22(19-8-11-21(12-9-19)35-15-18(3)32)16-36-30(34)27(29)28(37-39)20-10-13-25(24(33)14-20)38-42(40,41)26-7-5-4-6-23(26)31/h4-8,10,13-14,16-18,21,35,38H,9,11-12,15H2,1-3H3,(H2,34,36)/t18-,21+/m1/s1. The zero-order valence-electron chi connectivity index (χ0n) is 23.5. The van der Waals surface area contributed by atoms with E-state index < -0.39 is 22.0 Å². The Labute approximate surface area is 249 Å². The van der Waals surface area contributed by atoms with E-state index in [1.165, 1.54) is 37.3 Å². The summed E-state index contributed by atoms with van der Waals surface area (Å²) in [6.45, 7) is 5.85. The zero-order chi connectivity index (χ0) is 30.2. The first-order valence-electron chi connectivity index (χ1n) is 13.8. The van der Waals surface area contributed by atoms with Crippen LogP contribution >= 0.6 is 11.6 Å². The van der Waals surface area contributed by atoms with Gasteiger partial charge in [-0.25, -0.2) is 22.2 Å². The lowest BCUT2D eigenvalue weighted by atomic mass is 9.90. The molecule has 8 nitrogen and oxygen atoms in total. The van der Waals surface area contributed by atoms with E-state index in [9.17, 15) is 12.8 Å². The Morgan fingerprint density at radius 3 is 2.60 bits per heavy atom. The number of alkyl halides is 1. The van der Waals surface area contributed by atoms with E-state index in [1.807, 2.05) is 18.5 Å². The number of nitrogen functional groups attached to an aromatic ring is 1. The van der Waals surface area contributed by atoms with Crippen LogP contribution in [0, 0.1) is 5.82 Å². The molecule has 222 valence electrons. The first-order valence-corrected chi connectivity index (χ1v) is 15.6. The Bertz CT molecular complexity index is 1770. The number of anilines is 2. The normalized spacial score (nSPS) is 16.5. The van der Waals surface area contributed by atoms with Crippen molar-refractivity contribution < 1.29 is 17.2 Å². The highest BCUT2D eigenvalue weighted by Crippen LogP contribution is 2.40. The number of halogens is 3. The molecular formula is C30H33ClF2N6O2S. The molecule has 4 N–H and O–H groups in total. The van der Waals surface area contributed by atoms with Crippen LogP contribution in [0.25, 0.3) is 27.7 Å². The fourth-order valence-corrected chi connectivity index (χ4v) is 6.79. The van der Waals surface area contributed by atoms with Crippen LogP contribution in [0.4, 0.5) is 20.3 Å². The smallest absolute Gasteiger partial charge is 0.263 e. The third-order valence-corrected chi connectivity index (χ3v) is 9.17. The van der Waals surface area contributed by atoms with E-state index in [0.717, 1.165) is 35.9 Å². The SMILES string of the molecule is CC(C)n1nc(-c2ccc(NS(=O)(=O)c3ccccc3Cl)c(F)c2)c2c(N)ncc(C3=CC[C@H](NC[C@@H](C)F)CC3)c21. The van der Waals surface area contributed by atoms with Crippen LogP contribution in [-0.4, -0.2) is 41.9 Å². The largest absolute Gasteiger partial charge is 0.383 e. The van der Waals surface area contributed by atoms with Gasteiger partial charge in [-0.15, -0.1) is 0 Å². The van der Waals surface area contributed by atoms with Crippen molar-refractivity contribution in [3.8, 4) is 11.3 Å². The summed E-state index contributed by atoms with van der Waals surface area (Å²) >= 11 is 6.06. The van der Waals surface area contributed by atoms with E-state index in [-0.39, 0.29) is 33.5 Å². The second-order valence-corrected chi connectivity index (χ2v) is 12.8. The first-order chi connectivity index (χ1) is 20.0. The molecule has 42 heavy (non-hydrogen) atoms. The van der Waals surface area contributed by atoms with Gasteiger partial charge in [0.15, 0.2) is 0 Å². The number of allylic oxidation sites excluding steroid dienone is 1. The van der Waals surface area contributed by atoms with E-state index >= 15 is 4.39 Å². The fraction of sp³-hybridized carbons (Fsp3) is 0.333. The van der Waals surface area contributed by atoms with E-state index in [2.05, 4.69) is 21.1 Å². The van der Waals surface area contributed by atoms with Gasteiger partial charge in [-0.05, 0) is 69.9 Å². The minimum Gasteiger partial charge on any atom is -0.383 e. The number of hydrogen-bond acceptors (Lipinski definition) is 6. The number of pyridine rings is 1. The van der Waals surface area contributed by atoms with Crippen molar-refractivity contribution in [1.29, 1.82) is 0 Å². The number of nitrogens with two attached hydrogens (primary N) is 1. The average molecular weight is 615 g/mol. The Balaban J connectivity index is 1.52. The number of sulfonamides is 1. The van der Waals surface area contributed by atoms with Crippen LogP contribution in [0.3, 0.4) is 0 Å². The van der Waals surface area contributed by atoms with Gasteiger partial charge >= 0.3 is 0 Å². The van der Waals surface area contributed by atoms with Gasteiger partial charge in [0.25, 0.3) is 10.0 Å². The van der Waals surface area contributed by atoms with Crippen LogP contribution < -0.4 is 15.8 Å². The van der Waals surface area contributed by atoms with Gasteiger partial charge in [0.05, 0.1) is 21.6 Å². The minimum atomic E-state index is -4.12. The number of hydrogen-bond donors (Lipinski definition) is 3. The lowest BCUT2D eigenvalue weighted by Gasteiger charge is -2.24. The molecule has 2 heterocycles. The maximum Gasteiger partial charge on any atom is 0.263 e. The van der Waals surface area contributed by atoms with Crippen LogP contribution in [0.5, 0.6) is 0 Å². The number of nitrogens with one attached hydrogen (secondary N) is 2. The molecule has 1 aliphatic rings. The van der Waals surface area contributed by atoms with Crippen molar-refractivity contribution in [2.75, 3.05) is 17.0 Å². The number of fused-ring (bicyclic) bond motifs is 1. The Morgan fingerprint density at radius 2 is 1.95 bits per heavy atom. The van der Waals surface area contributed by atoms with Gasteiger partial charge in [0, 0.05) is 36.0 Å². The van der Waals surface area contributed by atoms with Crippen LogP contribution in [-0.2, 0) is 10.0 Å². The van der Waals surface area contributed by atoms with Gasteiger partial charge in [-0.1, -0.05) is 35.9 Å². The summed E-state index contributed by atoms with van der Waals surface area (Å²) in [6, 6.07) is 10.3. The molecule has 0 amide bonds. The highest BCUT2D eigenvalue weighted by atomic mass is 35.5. The van der Waals surface area contributed by atoms with Gasteiger partial charge < -0.3 is 11.1 Å². The molecule has 0 fully saturated rings. The molecule has 0 saturated carbocycles. The fourth-order valence-electron chi connectivity index (χ4n) is 5.21. The molecule has 1 aliphatic carbocycles.